The van der Waals surface area contributed by atoms with E-state index in [1.54, 1.807) is 19.9 Å². The fourth-order valence-electron chi connectivity index (χ4n) is 1.87. The van der Waals surface area contributed by atoms with Crippen LogP contribution in [0, 0.1) is 24.0 Å². The summed E-state index contributed by atoms with van der Waals surface area (Å²) < 4.78 is 5.45. The number of carboxylic acids is 1. The lowest BCUT2D eigenvalue weighted by Gasteiger charge is -2.09. The molecule has 0 unspecified atom stereocenters. The molecule has 0 aliphatic carbocycles. The summed E-state index contributed by atoms with van der Waals surface area (Å²) in [5, 5.41) is 19.9. The van der Waals surface area contributed by atoms with Crippen molar-refractivity contribution in [3.63, 3.8) is 0 Å². The highest BCUT2D eigenvalue weighted by Crippen LogP contribution is 2.34. The standard InChI is InChI=1S/C14H12N2O5/c1-8-5-9(2)13(11(6-8)16(19)20)21-12-4-3-10(7-15-12)14(17)18/h3-7H,1-2H3,(H,17,18). The molecule has 0 fully saturated rings. The van der Waals surface area contributed by atoms with Crippen LogP contribution in [0.1, 0.15) is 21.5 Å². The lowest BCUT2D eigenvalue weighted by atomic mass is 10.1. The predicted octanol–water partition coefficient (Wildman–Crippen LogP) is 3.10. The van der Waals surface area contributed by atoms with Crippen LogP contribution in [-0.4, -0.2) is 21.0 Å². The number of carbonyl (C=O) groups is 1. The molecule has 0 aliphatic rings. The van der Waals surface area contributed by atoms with Gasteiger partial charge in [0.05, 0.1) is 10.5 Å². The van der Waals surface area contributed by atoms with E-state index in [9.17, 15) is 14.9 Å². The van der Waals surface area contributed by atoms with E-state index < -0.39 is 10.9 Å². The van der Waals surface area contributed by atoms with Gasteiger partial charge in [-0.25, -0.2) is 9.78 Å². The SMILES string of the molecule is Cc1cc(C)c(Oc2ccc(C(=O)O)cn2)c([N+](=O)[O-])c1. The zero-order valence-corrected chi connectivity index (χ0v) is 11.4. The molecule has 0 spiro atoms. The number of rotatable bonds is 4. The minimum absolute atomic E-state index is 0.0116. The Hall–Kier alpha value is -2.96. The first kappa shape index (κ1) is 14.4. The van der Waals surface area contributed by atoms with Gasteiger partial charge in [0.25, 0.3) is 0 Å². The summed E-state index contributed by atoms with van der Waals surface area (Å²) in [6, 6.07) is 5.84. The Morgan fingerprint density at radius 2 is 2.05 bits per heavy atom. The highest BCUT2D eigenvalue weighted by atomic mass is 16.6. The summed E-state index contributed by atoms with van der Waals surface area (Å²) in [4.78, 5) is 25.1. The van der Waals surface area contributed by atoms with Gasteiger partial charge in [0, 0.05) is 18.3 Å². The van der Waals surface area contributed by atoms with Crippen molar-refractivity contribution >= 4 is 11.7 Å². The zero-order valence-electron chi connectivity index (χ0n) is 11.4. The Bertz CT molecular complexity index is 710. The number of benzene rings is 1. The normalized spacial score (nSPS) is 10.2. The molecule has 21 heavy (non-hydrogen) atoms. The van der Waals surface area contributed by atoms with Gasteiger partial charge in [-0.1, -0.05) is 6.07 Å². The van der Waals surface area contributed by atoms with Crippen molar-refractivity contribution in [2.75, 3.05) is 0 Å². The molecule has 2 aromatic rings. The molecule has 0 bridgehead atoms. The number of nitrogens with zero attached hydrogens (tertiary/aromatic N) is 2. The van der Waals surface area contributed by atoms with Crippen molar-refractivity contribution in [2.24, 2.45) is 0 Å². The highest BCUT2D eigenvalue weighted by Gasteiger charge is 2.19. The predicted molar refractivity (Wildman–Crippen MR) is 73.8 cm³/mol. The minimum Gasteiger partial charge on any atom is -0.478 e. The number of hydrogen-bond donors (Lipinski definition) is 1. The van der Waals surface area contributed by atoms with Crippen molar-refractivity contribution < 1.29 is 19.6 Å². The topological polar surface area (TPSA) is 103 Å². The summed E-state index contributed by atoms with van der Waals surface area (Å²) in [7, 11) is 0. The smallest absolute Gasteiger partial charge is 0.337 e. The summed E-state index contributed by atoms with van der Waals surface area (Å²) >= 11 is 0. The molecular weight excluding hydrogens is 276 g/mol. The minimum atomic E-state index is -1.11. The van der Waals surface area contributed by atoms with E-state index in [1.165, 1.54) is 18.2 Å². The van der Waals surface area contributed by atoms with Crippen molar-refractivity contribution in [2.45, 2.75) is 13.8 Å². The molecule has 0 saturated carbocycles. The molecule has 0 saturated heterocycles. The third-order valence-electron chi connectivity index (χ3n) is 2.79. The fraction of sp³-hybridized carbons (Fsp3) is 0.143. The van der Waals surface area contributed by atoms with Gasteiger partial charge in [0.1, 0.15) is 0 Å². The average molecular weight is 288 g/mol. The molecular formula is C14H12N2O5. The molecule has 7 nitrogen and oxygen atoms in total. The molecule has 2 rings (SSSR count). The van der Waals surface area contributed by atoms with Crippen molar-refractivity contribution in [1.82, 2.24) is 4.98 Å². The van der Waals surface area contributed by atoms with Crippen LogP contribution in [0.4, 0.5) is 5.69 Å². The van der Waals surface area contributed by atoms with Crippen LogP contribution in [-0.2, 0) is 0 Å². The zero-order chi connectivity index (χ0) is 15.6. The second-order valence-electron chi connectivity index (χ2n) is 4.48. The summed E-state index contributed by atoms with van der Waals surface area (Å²) in [6.07, 6.45) is 1.13. The third-order valence-corrected chi connectivity index (χ3v) is 2.79. The second-order valence-corrected chi connectivity index (χ2v) is 4.48. The number of hydrogen-bond acceptors (Lipinski definition) is 5. The van der Waals surface area contributed by atoms with Gasteiger partial charge in [-0.15, -0.1) is 0 Å². The van der Waals surface area contributed by atoms with Gasteiger partial charge in [-0.05, 0) is 31.0 Å². The second kappa shape index (κ2) is 5.58. The van der Waals surface area contributed by atoms with Gasteiger partial charge < -0.3 is 9.84 Å². The van der Waals surface area contributed by atoms with E-state index in [0.717, 1.165) is 11.8 Å². The quantitative estimate of drug-likeness (QED) is 0.685. The molecule has 0 aliphatic heterocycles. The Balaban J connectivity index is 2.39. The number of ether oxygens (including phenoxy) is 1. The third kappa shape index (κ3) is 3.14. The maximum atomic E-state index is 11.1. The van der Waals surface area contributed by atoms with Gasteiger partial charge in [-0.3, -0.25) is 10.1 Å². The lowest BCUT2D eigenvalue weighted by molar-refractivity contribution is -0.385. The Kier molecular flexibility index (Phi) is 3.84. The molecule has 108 valence electrons. The van der Waals surface area contributed by atoms with Gasteiger partial charge in [-0.2, -0.15) is 0 Å². The number of nitro groups is 1. The largest absolute Gasteiger partial charge is 0.478 e. The highest BCUT2D eigenvalue weighted by molar-refractivity contribution is 5.87. The van der Waals surface area contributed by atoms with Crippen LogP contribution in [0.2, 0.25) is 0 Å². The number of nitro benzene ring substituents is 1. The number of pyridine rings is 1. The first-order valence-electron chi connectivity index (χ1n) is 6.01. The molecule has 7 heteroatoms. The number of aromatic nitrogens is 1. The molecule has 0 atom stereocenters. The Morgan fingerprint density at radius 1 is 1.33 bits per heavy atom. The van der Waals surface area contributed by atoms with E-state index in [4.69, 9.17) is 9.84 Å². The van der Waals surface area contributed by atoms with Crippen LogP contribution in [0.3, 0.4) is 0 Å². The van der Waals surface area contributed by atoms with Crippen LogP contribution in [0.5, 0.6) is 11.6 Å². The summed E-state index contributed by atoms with van der Waals surface area (Å²) in [6.45, 7) is 3.45. The van der Waals surface area contributed by atoms with E-state index in [2.05, 4.69) is 4.98 Å². The maximum Gasteiger partial charge on any atom is 0.337 e. The van der Waals surface area contributed by atoms with Crippen molar-refractivity contribution in [3.05, 3.63) is 57.3 Å². The van der Waals surface area contributed by atoms with Crippen LogP contribution < -0.4 is 4.74 Å². The van der Waals surface area contributed by atoms with E-state index in [1.807, 2.05) is 0 Å². The summed E-state index contributed by atoms with van der Waals surface area (Å²) in [5.74, 6) is -0.914. The first-order chi connectivity index (χ1) is 9.88. The maximum absolute atomic E-state index is 11.1. The van der Waals surface area contributed by atoms with Gasteiger partial charge in [0.2, 0.25) is 11.6 Å². The monoisotopic (exact) mass is 288 g/mol. The fourth-order valence-corrected chi connectivity index (χ4v) is 1.87. The van der Waals surface area contributed by atoms with E-state index in [0.29, 0.717) is 5.56 Å². The lowest BCUT2D eigenvalue weighted by Crippen LogP contribution is -2.00. The number of carboxylic acid groups (broad SMARTS) is 1. The molecule has 1 aromatic heterocycles. The number of aromatic carboxylic acids is 1. The van der Waals surface area contributed by atoms with Crippen LogP contribution >= 0.6 is 0 Å². The van der Waals surface area contributed by atoms with Crippen molar-refractivity contribution in [3.8, 4) is 11.6 Å². The van der Waals surface area contributed by atoms with Crippen LogP contribution in [0.25, 0.3) is 0 Å². The van der Waals surface area contributed by atoms with Crippen molar-refractivity contribution in [1.29, 1.82) is 0 Å². The Morgan fingerprint density at radius 3 is 2.57 bits per heavy atom. The molecule has 0 radical (unpaired) electrons. The molecule has 1 heterocycles. The molecule has 1 N–H and O–H groups in total. The summed E-state index contributed by atoms with van der Waals surface area (Å²) in [5.41, 5.74) is 1.21. The number of aryl methyl sites for hydroxylation is 2. The first-order valence-corrected chi connectivity index (χ1v) is 6.01. The average Bonchev–Trinajstić information content (AvgIpc) is 2.41. The molecule has 1 aromatic carbocycles. The van der Waals surface area contributed by atoms with Gasteiger partial charge in [0.15, 0.2) is 0 Å². The van der Waals surface area contributed by atoms with Gasteiger partial charge >= 0.3 is 11.7 Å². The van der Waals surface area contributed by atoms with Crippen LogP contribution in [0.15, 0.2) is 30.5 Å². The molecule has 0 amide bonds. The Labute approximate surface area is 120 Å². The van der Waals surface area contributed by atoms with E-state index >= 15 is 0 Å². The van der Waals surface area contributed by atoms with E-state index in [-0.39, 0.29) is 22.9 Å².